The fourth-order valence-electron chi connectivity index (χ4n) is 2.15. The molecule has 0 saturated heterocycles. The molecule has 0 saturated carbocycles. The summed E-state index contributed by atoms with van der Waals surface area (Å²) in [6.45, 7) is 9.83. The molecule has 0 aliphatic heterocycles. The minimum absolute atomic E-state index is 0.252. The molecule has 1 aromatic heterocycles. The summed E-state index contributed by atoms with van der Waals surface area (Å²) in [5.74, 6) is 1.47. The second kappa shape index (κ2) is 8.56. The molecule has 0 aromatic carbocycles. The van der Waals surface area contributed by atoms with Gasteiger partial charge < -0.3 is 9.73 Å². The molecule has 0 aliphatic carbocycles. The van der Waals surface area contributed by atoms with E-state index < -0.39 is 10.0 Å². The van der Waals surface area contributed by atoms with Crippen molar-refractivity contribution in [3.8, 4) is 0 Å². The average Bonchev–Trinajstić information content (AvgIpc) is 2.82. The lowest BCUT2D eigenvalue weighted by atomic mass is 10.0. The Bertz CT molecular complexity index is 519. The van der Waals surface area contributed by atoms with E-state index in [4.69, 9.17) is 4.42 Å². The first-order valence-corrected chi connectivity index (χ1v) is 9.22. The van der Waals surface area contributed by atoms with Crippen molar-refractivity contribution < 1.29 is 12.8 Å². The minimum atomic E-state index is -3.49. The number of hydrogen-bond acceptors (Lipinski definition) is 4. The van der Waals surface area contributed by atoms with E-state index in [1.165, 1.54) is 0 Å². The first-order valence-electron chi connectivity index (χ1n) is 7.74. The van der Waals surface area contributed by atoms with Gasteiger partial charge in [-0.2, -0.15) is 0 Å². The summed E-state index contributed by atoms with van der Waals surface area (Å²) in [4.78, 5) is 0.252. The summed E-state index contributed by atoms with van der Waals surface area (Å²) in [7, 11) is -3.49. The summed E-state index contributed by atoms with van der Waals surface area (Å²) in [5.41, 5.74) is 0. The van der Waals surface area contributed by atoms with Crippen LogP contribution in [-0.2, 0) is 16.6 Å². The van der Waals surface area contributed by atoms with Gasteiger partial charge in [0.25, 0.3) is 0 Å². The predicted molar refractivity (Wildman–Crippen MR) is 84.7 cm³/mol. The summed E-state index contributed by atoms with van der Waals surface area (Å²) in [6.07, 6.45) is 2.97. The molecule has 0 bridgehead atoms. The van der Waals surface area contributed by atoms with Gasteiger partial charge >= 0.3 is 0 Å². The van der Waals surface area contributed by atoms with Gasteiger partial charge in [0.2, 0.25) is 10.0 Å². The number of furan rings is 1. The van der Waals surface area contributed by atoms with Crippen LogP contribution in [0.3, 0.4) is 0 Å². The summed E-state index contributed by atoms with van der Waals surface area (Å²) < 4.78 is 32.9. The van der Waals surface area contributed by atoms with Gasteiger partial charge in [0.05, 0.1) is 6.54 Å². The molecule has 5 nitrogen and oxygen atoms in total. The predicted octanol–water partition coefficient (Wildman–Crippen LogP) is 2.80. The van der Waals surface area contributed by atoms with Crippen LogP contribution in [0.5, 0.6) is 0 Å². The van der Waals surface area contributed by atoms with Gasteiger partial charge in [-0.05, 0) is 25.8 Å². The Morgan fingerprint density at radius 1 is 1.24 bits per heavy atom. The third kappa shape index (κ3) is 5.45. The van der Waals surface area contributed by atoms with E-state index in [1.54, 1.807) is 13.0 Å². The molecule has 21 heavy (non-hydrogen) atoms. The van der Waals surface area contributed by atoms with E-state index in [-0.39, 0.29) is 4.90 Å². The molecule has 0 unspecified atom stereocenters. The topological polar surface area (TPSA) is 71.3 Å². The van der Waals surface area contributed by atoms with E-state index in [0.717, 1.165) is 25.8 Å². The van der Waals surface area contributed by atoms with Crippen LogP contribution in [-0.4, -0.2) is 21.5 Å². The number of rotatable bonds is 10. The minimum Gasteiger partial charge on any atom is -0.464 e. The number of aryl methyl sites for hydroxylation is 1. The monoisotopic (exact) mass is 316 g/mol. The highest BCUT2D eigenvalue weighted by Gasteiger charge is 2.21. The van der Waals surface area contributed by atoms with Crippen molar-refractivity contribution in [1.82, 2.24) is 10.0 Å². The Morgan fingerprint density at radius 2 is 1.90 bits per heavy atom. The molecular weight excluding hydrogens is 288 g/mol. The highest BCUT2D eigenvalue weighted by Crippen LogP contribution is 2.20. The highest BCUT2D eigenvalue weighted by atomic mass is 32.2. The van der Waals surface area contributed by atoms with Crippen LogP contribution in [0.15, 0.2) is 15.4 Å². The first-order chi connectivity index (χ1) is 9.94. The largest absolute Gasteiger partial charge is 0.464 e. The van der Waals surface area contributed by atoms with Crippen LogP contribution >= 0.6 is 0 Å². The van der Waals surface area contributed by atoms with Crippen LogP contribution in [0.25, 0.3) is 0 Å². The van der Waals surface area contributed by atoms with Gasteiger partial charge in [-0.25, -0.2) is 13.1 Å². The van der Waals surface area contributed by atoms with Crippen LogP contribution < -0.4 is 10.0 Å². The zero-order valence-corrected chi connectivity index (χ0v) is 14.3. The zero-order chi connectivity index (χ0) is 15.9. The molecule has 0 amide bonds. The van der Waals surface area contributed by atoms with Crippen molar-refractivity contribution in [3.63, 3.8) is 0 Å². The quantitative estimate of drug-likeness (QED) is 0.651. The van der Waals surface area contributed by atoms with E-state index in [9.17, 15) is 8.42 Å². The van der Waals surface area contributed by atoms with Gasteiger partial charge in [-0.15, -0.1) is 0 Å². The van der Waals surface area contributed by atoms with E-state index in [2.05, 4.69) is 30.8 Å². The van der Waals surface area contributed by atoms with Crippen molar-refractivity contribution in [3.05, 3.63) is 17.6 Å². The number of hydrogen-bond donors (Lipinski definition) is 2. The van der Waals surface area contributed by atoms with Gasteiger partial charge in [-0.1, -0.05) is 33.6 Å². The maximum Gasteiger partial charge on any atom is 0.244 e. The Labute approximate surface area is 128 Å². The van der Waals surface area contributed by atoms with Gasteiger partial charge in [-0.3, -0.25) is 0 Å². The van der Waals surface area contributed by atoms with Crippen molar-refractivity contribution >= 4 is 10.0 Å². The Kier molecular flexibility index (Phi) is 7.42. The molecule has 0 fully saturated rings. The Hall–Kier alpha value is -0.850. The molecule has 6 heteroatoms. The van der Waals surface area contributed by atoms with E-state index >= 15 is 0 Å². The number of sulfonamides is 1. The van der Waals surface area contributed by atoms with Crippen molar-refractivity contribution in [1.29, 1.82) is 0 Å². The van der Waals surface area contributed by atoms with Gasteiger partial charge in [0.15, 0.2) is 0 Å². The summed E-state index contributed by atoms with van der Waals surface area (Å²) in [6, 6.07) is 1.62. The molecular formula is C15H28N2O3S. The van der Waals surface area contributed by atoms with Gasteiger partial charge in [0.1, 0.15) is 16.4 Å². The molecule has 2 N–H and O–H groups in total. The lowest BCUT2D eigenvalue weighted by Crippen LogP contribution is -2.29. The number of nitrogens with one attached hydrogen (secondary N) is 2. The Morgan fingerprint density at radius 3 is 2.48 bits per heavy atom. The lowest BCUT2D eigenvalue weighted by Gasteiger charge is -2.13. The molecule has 0 atom stereocenters. The third-order valence-electron chi connectivity index (χ3n) is 3.66. The molecule has 1 rings (SSSR count). The molecule has 122 valence electrons. The second-order valence-corrected chi connectivity index (χ2v) is 7.08. The molecule has 1 heterocycles. The van der Waals surface area contributed by atoms with Crippen LogP contribution in [0.4, 0.5) is 0 Å². The van der Waals surface area contributed by atoms with Crippen molar-refractivity contribution in [2.75, 3.05) is 13.1 Å². The van der Waals surface area contributed by atoms with E-state index in [1.807, 2.05) is 0 Å². The lowest BCUT2D eigenvalue weighted by molar-refractivity contribution is 0.455. The molecule has 0 aliphatic rings. The van der Waals surface area contributed by atoms with Crippen molar-refractivity contribution in [2.24, 2.45) is 5.92 Å². The van der Waals surface area contributed by atoms with Crippen LogP contribution in [0, 0.1) is 12.8 Å². The summed E-state index contributed by atoms with van der Waals surface area (Å²) in [5, 5.41) is 3.20. The standard InChI is InChI=1S/C15H28N2O3S/c1-5-8-16-11-14-9-15(12(4)20-14)21(18,19)17-10-13(6-2)7-3/h9,13,16-17H,5-8,10-11H2,1-4H3. The van der Waals surface area contributed by atoms with Crippen molar-refractivity contribution in [2.45, 2.75) is 58.4 Å². The maximum absolute atomic E-state index is 12.3. The SMILES string of the molecule is CCCNCc1cc(S(=O)(=O)NCC(CC)CC)c(C)o1. The molecule has 0 radical (unpaired) electrons. The first kappa shape index (κ1) is 18.2. The summed E-state index contributed by atoms with van der Waals surface area (Å²) >= 11 is 0. The van der Waals surface area contributed by atoms with Crippen LogP contribution in [0.2, 0.25) is 0 Å². The Balaban J connectivity index is 2.74. The molecule has 1 aromatic rings. The van der Waals surface area contributed by atoms with Gasteiger partial charge in [0, 0.05) is 12.6 Å². The zero-order valence-electron chi connectivity index (χ0n) is 13.5. The smallest absolute Gasteiger partial charge is 0.244 e. The fourth-order valence-corrected chi connectivity index (χ4v) is 3.47. The maximum atomic E-state index is 12.3. The second-order valence-electron chi connectivity index (χ2n) is 5.34. The normalized spacial score (nSPS) is 12.2. The average molecular weight is 316 g/mol. The fraction of sp³-hybridized carbons (Fsp3) is 0.733. The highest BCUT2D eigenvalue weighted by molar-refractivity contribution is 7.89. The third-order valence-corrected chi connectivity index (χ3v) is 5.19. The molecule has 0 spiro atoms. The van der Waals surface area contributed by atoms with E-state index in [0.29, 0.717) is 30.5 Å². The van der Waals surface area contributed by atoms with Crippen LogP contribution in [0.1, 0.15) is 51.6 Å².